The van der Waals surface area contributed by atoms with Crippen LogP contribution in [0.3, 0.4) is 0 Å². The van der Waals surface area contributed by atoms with Crippen LogP contribution in [0.5, 0.6) is 0 Å². The number of likely N-dealkylation sites (tertiary alicyclic amines) is 1. The molecule has 2 heterocycles. The van der Waals surface area contributed by atoms with Crippen LogP contribution in [0.4, 0.5) is 4.79 Å². The Morgan fingerprint density at radius 2 is 2.13 bits per heavy atom. The van der Waals surface area contributed by atoms with Crippen molar-refractivity contribution in [1.82, 2.24) is 15.5 Å². The van der Waals surface area contributed by atoms with Gasteiger partial charge in [-0.2, -0.15) is 0 Å². The highest BCUT2D eigenvalue weighted by atomic mass is 16.2. The number of imide groups is 1. The summed E-state index contributed by atoms with van der Waals surface area (Å²) in [5.74, 6) is 0.0174. The van der Waals surface area contributed by atoms with Crippen molar-refractivity contribution in [2.24, 2.45) is 0 Å². The molecule has 6 nitrogen and oxygen atoms in total. The summed E-state index contributed by atoms with van der Waals surface area (Å²) in [5, 5.41) is 4.95. The Morgan fingerprint density at radius 1 is 1.30 bits per heavy atom. The van der Waals surface area contributed by atoms with Gasteiger partial charge in [-0.25, -0.2) is 4.79 Å². The average molecular weight is 313 g/mol. The number of hydrogen-bond acceptors (Lipinski definition) is 3. The van der Waals surface area contributed by atoms with Crippen molar-refractivity contribution < 1.29 is 14.4 Å². The van der Waals surface area contributed by atoms with Gasteiger partial charge in [0.05, 0.1) is 6.54 Å². The fourth-order valence-electron chi connectivity index (χ4n) is 4.04. The molecular weight excluding hydrogens is 294 g/mol. The quantitative estimate of drug-likeness (QED) is 0.797. The second-order valence-electron chi connectivity index (χ2n) is 6.69. The van der Waals surface area contributed by atoms with E-state index in [1.54, 1.807) is 4.90 Å². The number of urea groups is 1. The van der Waals surface area contributed by atoms with Crippen LogP contribution < -0.4 is 10.6 Å². The van der Waals surface area contributed by atoms with Crippen LogP contribution in [0.1, 0.15) is 36.3 Å². The Morgan fingerprint density at radius 3 is 2.91 bits per heavy atom. The van der Waals surface area contributed by atoms with Crippen molar-refractivity contribution in [2.45, 2.75) is 37.1 Å². The fraction of sp³-hybridized carbons (Fsp3) is 0.471. The molecule has 2 saturated heterocycles. The molecule has 6 heteroatoms. The number of benzene rings is 1. The van der Waals surface area contributed by atoms with Crippen molar-refractivity contribution in [1.29, 1.82) is 0 Å². The molecule has 2 aliphatic heterocycles. The number of nitrogens with one attached hydrogen (secondary N) is 2. The summed E-state index contributed by atoms with van der Waals surface area (Å²) >= 11 is 0. The summed E-state index contributed by atoms with van der Waals surface area (Å²) in [6.45, 7) is 0.790. The second kappa shape index (κ2) is 5.08. The number of amides is 4. The summed E-state index contributed by atoms with van der Waals surface area (Å²) in [6, 6.07) is 7.83. The summed E-state index contributed by atoms with van der Waals surface area (Å²) in [4.78, 5) is 37.6. The van der Waals surface area contributed by atoms with Gasteiger partial charge in [0.15, 0.2) is 0 Å². The molecule has 0 saturated carbocycles. The number of rotatable bonds is 2. The van der Waals surface area contributed by atoms with Gasteiger partial charge >= 0.3 is 6.03 Å². The Hall–Kier alpha value is -2.37. The minimum Gasteiger partial charge on any atom is -0.340 e. The third-order valence-electron chi connectivity index (χ3n) is 5.31. The van der Waals surface area contributed by atoms with E-state index in [1.165, 1.54) is 11.1 Å². The number of carbonyl (C=O) groups is 3. The zero-order chi connectivity index (χ0) is 16.0. The highest BCUT2D eigenvalue weighted by molar-refractivity contribution is 6.07. The van der Waals surface area contributed by atoms with Crippen LogP contribution in [0.15, 0.2) is 24.3 Å². The third-order valence-corrected chi connectivity index (χ3v) is 5.31. The van der Waals surface area contributed by atoms with E-state index in [9.17, 15) is 14.4 Å². The summed E-state index contributed by atoms with van der Waals surface area (Å²) in [5.41, 5.74) is 1.70. The van der Waals surface area contributed by atoms with Crippen molar-refractivity contribution in [2.75, 3.05) is 13.1 Å². The molecule has 120 valence electrons. The molecule has 0 unspecified atom stereocenters. The van der Waals surface area contributed by atoms with Crippen LogP contribution in [0, 0.1) is 0 Å². The highest BCUT2D eigenvalue weighted by Crippen LogP contribution is 2.36. The van der Waals surface area contributed by atoms with Crippen LogP contribution in [0.25, 0.3) is 0 Å². The molecule has 2 N–H and O–H groups in total. The number of nitrogens with zero attached hydrogens (tertiary/aromatic N) is 1. The average Bonchev–Trinajstić information content (AvgIpc) is 3.20. The molecule has 3 aliphatic rings. The lowest BCUT2D eigenvalue weighted by atomic mass is 9.97. The van der Waals surface area contributed by atoms with E-state index in [4.69, 9.17) is 0 Å². The largest absolute Gasteiger partial charge is 0.340 e. The minimum atomic E-state index is -0.916. The van der Waals surface area contributed by atoms with Gasteiger partial charge in [-0.05, 0) is 36.3 Å². The van der Waals surface area contributed by atoms with Gasteiger partial charge in [-0.3, -0.25) is 14.9 Å². The first-order valence-corrected chi connectivity index (χ1v) is 8.07. The molecule has 1 spiro atoms. The maximum absolute atomic E-state index is 12.6. The van der Waals surface area contributed by atoms with Crippen molar-refractivity contribution in [3.63, 3.8) is 0 Å². The van der Waals surface area contributed by atoms with E-state index in [0.717, 1.165) is 12.8 Å². The molecule has 1 aliphatic carbocycles. The second-order valence-corrected chi connectivity index (χ2v) is 6.69. The molecule has 0 radical (unpaired) electrons. The van der Waals surface area contributed by atoms with Crippen LogP contribution >= 0.6 is 0 Å². The lowest BCUT2D eigenvalue weighted by molar-refractivity contribution is -0.131. The van der Waals surface area contributed by atoms with Crippen molar-refractivity contribution in [3.05, 3.63) is 35.4 Å². The maximum Gasteiger partial charge on any atom is 0.322 e. The van der Waals surface area contributed by atoms with E-state index in [1.807, 2.05) is 12.1 Å². The van der Waals surface area contributed by atoms with E-state index in [2.05, 4.69) is 22.8 Å². The lowest BCUT2D eigenvalue weighted by Gasteiger charge is -2.22. The van der Waals surface area contributed by atoms with E-state index < -0.39 is 11.6 Å². The Bertz CT molecular complexity index is 702. The van der Waals surface area contributed by atoms with E-state index in [0.29, 0.717) is 19.4 Å². The number of fused-ring (bicyclic) bond motifs is 1. The van der Waals surface area contributed by atoms with Gasteiger partial charge in [-0.1, -0.05) is 24.3 Å². The van der Waals surface area contributed by atoms with Gasteiger partial charge in [0, 0.05) is 13.0 Å². The predicted molar refractivity (Wildman–Crippen MR) is 82.7 cm³/mol. The number of hydrogen-bond donors (Lipinski definition) is 2. The predicted octanol–water partition coefficient (Wildman–Crippen LogP) is 0.917. The molecule has 1 aromatic rings. The first kappa shape index (κ1) is 14.2. The van der Waals surface area contributed by atoms with Crippen molar-refractivity contribution >= 4 is 17.8 Å². The third kappa shape index (κ3) is 2.29. The van der Waals surface area contributed by atoms with Crippen LogP contribution in [-0.2, 0) is 16.0 Å². The number of aryl methyl sites for hydroxylation is 1. The molecule has 0 bridgehead atoms. The molecule has 23 heavy (non-hydrogen) atoms. The first-order chi connectivity index (χ1) is 11.1. The Labute approximate surface area is 134 Å². The summed E-state index contributed by atoms with van der Waals surface area (Å²) < 4.78 is 0. The maximum atomic E-state index is 12.6. The Kier molecular flexibility index (Phi) is 3.14. The van der Waals surface area contributed by atoms with Crippen LogP contribution in [0.2, 0.25) is 0 Å². The summed E-state index contributed by atoms with van der Waals surface area (Å²) in [6.07, 6.45) is 2.98. The van der Waals surface area contributed by atoms with Crippen LogP contribution in [-0.4, -0.2) is 41.4 Å². The zero-order valence-electron chi connectivity index (χ0n) is 12.8. The lowest BCUT2D eigenvalue weighted by Crippen LogP contribution is -2.49. The molecule has 0 aromatic heterocycles. The molecule has 1 aromatic carbocycles. The molecule has 4 rings (SSSR count). The van der Waals surface area contributed by atoms with Gasteiger partial charge in [0.25, 0.3) is 5.91 Å². The van der Waals surface area contributed by atoms with Gasteiger partial charge in [0.2, 0.25) is 5.91 Å². The minimum absolute atomic E-state index is 0.0672. The van der Waals surface area contributed by atoms with Gasteiger partial charge < -0.3 is 10.2 Å². The summed E-state index contributed by atoms with van der Waals surface area (Å²) in [7, 11) is 0. The standard InChI is InChI=1S/C17H19N3O3/c21-14(9-12-6-5-11-3-1-2-4-13(11)12)20-8-7-17(10-20)15(22)18-16(23)19-17/h1-4,12H,5-10H2,(H2,18,19,22,23)/t12-,17+/m1/s1. The molecular formula is C17H19N3O3. The fourth-order valence-corrected chi connectivity index (χ4v) is 4.04. The number of carbonyl (C=O) groups excluding carboxylic acids is 3. The van der Waals surface area contributed by atoms with E-state index in [-0.39, 0.29) is 24.3 Å². The monoisotopic (exact) mass is 313 g/mol. The Balaban J connectivity index is 1.43. The SMILES string of the molecule is O=C1NC(=O)[C@@]2(CCN(C(=O)C[C@H]3CCc4ccccc43)C2)N1. The van der Waals surface area contributed by atoms with Crippen molar-refractivity contribution in [3.8, 4) is 0 Å². The van der Waals surface area contributed by atoms with E-state index >= 15 is 0 Å². The first-order valence-electron chi connectivity index (χ1n) is 8.07. The van der Waals surface area contributed by atoms with Gasteiger partial charge in [-0.15, -0.1) is 0 Å². The zero-order valence-corrected chi connectivity index (χ0v) is 12.8. The smallest absolute Gasteiger partial charge is 0.322 e. The normalized spacial score (nSPS) is 28.9. The molecule has 2 fully saturated rings. The van der Waals surface area contributed by atoms with Gasteiger partial charge in [0.1, 0.15) is 5.54 Å². The topological polar surface area (TPSA) is 78.5 Å². The molecule has 2 atom stereocenters. The highest BCUT2D eigenvalue weighted by Gasteiger charge is 2.51. The molecule has 4 amide bonds.